The Morgan fingerprint density at radius 2 is 2.11 bits per heavy atom. The fourth-order valence-corrected chi connectivity index (χ4v) is 1.88. The van der Waals surface area contributed by atoms with E-state index in [4.69, 9.17) is 15.2 Å². The molecule has 6 heteroatoms. The number of aryl methyl sites for hydroxylation is 1. The van der Waals surface area contributed by atoms with Gasteiger partial charge in [-0.3, -0.25) is 0 Å². The van der Waals surface area contributed by atoms with Crippen LogP contribution in [0.3, 0.4) is 0 Å². The molecule has 0 spiro atoms. The van der Waals surface area contributed by atoms with Crippen LogP contribution in [0.5, 0.6) is 11.5 Å². The van der Waals surface area contributed by atoms with Crippen molar-refractivity contribution in [2.24, 2.45) is 5.73 Å². The van der Waals surface area contributed by atoms with Gasteiger partial charge in [-0.15, -0.1) is 0 Å². The van der Waals surface area contributed by atoms with Gasteiger partial charge in [0, 0.05) is 18.0 Å². The third-order valence-electron chi connectivity index (χ3n) is 2.87. The normalized spacial score (nSPS) is 12.5. The Bertz CT molecular complexity index is 616. The first-order chi connectivity index (χ1) is 9.26. The topological polar surface area (TPSA) is 82.3 Å². The maximum absolute atomic E-state index is 5.53. The van der Waals surface area contributed by atoms with Crippen molar-refractivity contribution in [1.82, 2.24) is 9.97 Å². The van der Waals surface area contributed by atoms with Crippen molar-refractivity contribution in [2.45, 2.75) is 13.5 Å². The van der Waals surface area contributed by atoms with Crippen LogP contribution in [0.25, 0.3) is 0 Å². The maximum atomic E-state index is 5.53. The lowest BCUT2D eigenvalue weighted by Crippen LogP contribution is -2.05. The Morgan fingerprint density at radius 3 is 2.89 bits per heavy atom. The summed E-state index contributed by atoms with van der Waals surface area (Å²) in [6.45, 7) is 2.58. The summed E-state index contributed by atoms with van der Waals surface area (Å²) in [4.78, 5) is 8.36. The van der Waals surface area contributed by atoms with E-state index in [-0.39, 0.29) is 6.79 Å². The van der Waals surface area contributed by atoms with E-state index in [1.807, 2.05) is 19.1 Å². The van der Waals surface area contributed by atoms with E-state index in [2.05, 4.69) is 15.3 Å². The Kier molecular flexibility index (Phi) is 2.92. The maximum Gasteiger partial charge on any atom is 0.231 e. The molecular formula is C13H14N4O2. The van der Waals surface area contributed by atoms with Crippen molar-refractivity contribution < 1.29 is 9.47 Å². The van der Waals surface area contributed by atoms with E-state index in [1.54, 1.807) is 12.3 Å². The van der Waals surface area contributed by atoms with Gasteiger partial charge >= 0.3 is 0 Å². The van der Waals surface area contributed by atoms with E-state index in [9.17, 15) is 0 Å². The van der Waals surface area contributed by atoms with Gasteiger partial charge < -0.3 is 20.5 Å². The molecule has 0 atom stereocenters. The SMILES string of the molecule is Cc1cc2c(cc1Nc1ccnc(CN)n1)OCO2. The molecular weight excluding hydrogens is 244 g/mol. The highest BCUT2D eigenvalue weighted by atomic mass is 16.7. The van der Waals surface area contributed by atoms with Gasteiger partial charge in [0.25, 0.3) is 0 Å². The molecule has 0 fully saturated rings. The number of hydrogen-bond acceptors (Lipinski definition) is 6. The zero-order valence-corrected chi connectivity index (χ0v) is 10.5. The summed E-state index contributed by atoms with van der Waals surface area (Å²) in [5.74, 6) is 2.82. The monoisotopic (exact) mass is 258 g/mol. The number of benzene rings is 1. The van der Waals surface area contributed by atoms with Crippen LogP contribution >= 0.6 is 0 Å². The van der Waals surface area contributed by atoms with Gasteiger partial charge in [0.2, 0.25) is 6.79 Å². The fraction of sp³-hybridized carbons (Fsp3) is 0.231. The first-order valence-corrected chi connectivity index (χ1v) is 5.95. The molecule has 0 bridgehead atoms. The molecule has 2 aromatic rings. The molecule has 0 amide bonds. The van der Waals surface area contributed by atoms with Crippen LogP contribution in [-0.4, -0.2) is 16.8 Å². The average molecular weight is 258 g/mol. The molecule has 2 heterocycles. The molecule has 0 unspecified atom stereocenters. The van der Waals surface area contributed by atoms with Crippen LogP contribution in [0.4, 0.5) is 11.5 Å². The molecule has 1 aromatic carbocycles. The first kappa shape index (κ1) is 11.7. The lowest BCUT2D eigenvalue weighted by Gasteiger charge is -2.10. The summed E-state index contributed by atoms with van der Waals surface area (Å²) < 4.78 is 10.7. The predicted molar refractivity (Wildman–Crippen MR) is 70.5 cm³/mol. The van der Waals surface area contributed by atoms with Crippen LogP contribution < -0.4 is 20.5 Å². The van der Waals surface area contributed by atoms with Gasteiger partial charge in [-0.2, -0.15) is 0 Å². The number of anilines is 2. The smallest absolute Gasteiger partial charge is 0.231 e. The highest BCUT2D eigenvalue weighted by molar-refractivity contribution is 5.66. The van der Waals surface area contributed by atoms with Crippen molar-refractivity contribution in [3.63, 3.8) is 0 Å². The number of nitrogens with zero attached hydrogens (tertiary/aromatic N) is 2. The zero-order chi connectivity index (χ0) is 13.2. The standard InChI is InChI=1S/C13H14N4O2/c1-8-4-10-11(19-7-18-10)5-9(8)16-12-2-3-15-13(6-14)17-12/h2-5H,6-7,14H2,1H3,(H,15,16,17). The molecule has 19 heavy (non-hydrogen) atoms. The number of aromatic nitrogens is 2. The van der Waals surface area contributed by atoms with Crippen LogP contribution in [0.2, 0.25) is 0 Å². The molecule has 0 saturated heterocycles. The highest BCUT2D eigenvalue weighted by Gasteiger charge is 2.15. The molecule has 1 aliphatic rings. The fourth-order valence-electron chi connectivity index (χ4n) is 1.88. The van der Waals surface area contributed by atoms with Gasteiger partial charge in [0.05, 0.1) is 6.54 Å². The Morgan fingerprint density at radius 1 is 1.32 bits per heavy atom. The van der Waals surface area contributed by atoms with Gasteiger partial charge in [0.1, 0.15) is 11.6 Å². The number of fused-ring (bicyclic) bond motifs is 1. The van der Waals surface area contributed by atoms with Crippen LogP contribution in [0, 0.1) is 6.92 Å². The van der Waals surface area contributed by atoms with E-state index < -0.39 is 0 Å². The quantitative estimate of drug-likeness (QED) is 0.872. The molecule has 3 N–H and O–H groups in total. The molecule has 6 nitrogen and oxygen atoms in total. The van der Waals surface area contributed by atoms with Crippen molar-refractivity contribution in [2.75, 3.05) is 12.1 Å². The number of rotatable bonds is 3. The minimum Gasteiger partial charge on any atom is -0.454 e. The van der Waals surface area contributed by atoms with Gasteiger partial charge in [-0.05, 0) is 24.6 Å². The van der Waals surface area contributed by atoms with Crippen LogP contribution in [0.15, 0.2) is 24.4 Å². The number of nitrogens with one attached hydrogen (secondary N) is 1. The predicted octanol–water partition coefficient (Wildman–Crippen LogP) is 1.72. The first-order valence-electron chi connectivity index (χ1n) is 5.95. The molecule has 0 saturated carbocycles. The van der Waals surface area contributed by atoms with Crippen LogP contribution in [0.1, 0.15) is 11.4 Å². The Hall–Kier alpha value is -2.34. The molecule has 1 aliphatic heterocycles. The minimum atomic E-state index is 0.267. The summed E-state index contributed by atoms with van der Waals surface area (Å²) in [5, 5.41) is 3.23. The summed E-state index contributed by atoms with van der Waals surface area (Å²) >= 11 is 0. The van der Waals surface area contributed by atoms with E-state index >= 15 is 0 Å². The van der Waals surface area contributed by atoms with Crippen LogP contribution in [-0.2, 0) is 6.54 Å². The van der Waals surface area contributed by atoms with Gasteiger partial charge in [0.15, 0.2) is 11.5 Å². The third kappa shape index (κ3) is 2.30. The van der Waals surface area contributed by atoms with Gasteiger partial charge in [-0.1, -0.05) is 0 Å². The lowest BCUT2D eigenvalue weighted by atomic mass is 10.1. The molecule has 0 aliphatic carbocycles. The van der Waals surface area contributed by atoms with Crippen molar-refractivity contribution in [3.8, 4) is 11.5 Å². The Labute approximate surface area is 110 Å². The highest BCUT2D eigenvalue weighted by Crippen LogP contribution is 2.37. The second-order valence-electron chi connectivity index (χ2n) is 4.21. The van der Waals surface area contributed by atoms with Gasteiger partial charge in [-0.25, -0.2) is 9.97 Å². The zero-order valence-electron chi connectivity index (χ0n) is 10.5. The second kappa shape index (κ2) is 4.74. The number of ether oxygens (including phenoxy) is 2. The van der Waals surface area contributed by atoms with E-state index in [0.717, 1.165) is 22.7 Å². The molecule has 1 aromatic heterocycles. The Balaban J connectivity index is 1.90. The summed E-state index contributed by atoms with van der Waals surface area (Å²) in [7, 11) is 0. The van der Waals surface area contributed by atoms with Crippen molar-refractivity contribution in [1.29, 1.82) is 0 Å². The summed E-state index contributed by atoms with van der Waals surface area (Å²) in [6.07, 6.45) is 1.68. The van der Waals surface area contributed by atoms with Crippen molar-refractivity contribution >= 4 is 11.5 Å². The molecule has 98 valence electrons. The van der Waals surface area contributed by atoms with E-state index in [1.165, 1.54) is 0 Å². The third-order valence-corrected chi connectivity index (χ3v) is 2.87. The second-order valence-corrected chi connectivity index (χ2v) is 4.21. The lowest BCUT2D eigenvalue weighted by molar-refractivity contribution is 0.174. The largest absolute Gasteiger partial charge is 0.454 e. The molecule has 3 rings (SSSR count). The minimum absolute atomic E-state index is 0.267. The summed E-state index contributed by atoms with van der Waals surface area (Å²) in [5.41, 5.74) is 7.50. The van der Waals surface area contributed by atoms with Crippen molar-refractivity contribution in [3.05, 3.63) is 35.8 Å². The van der Waals surface area contributed by atoms with E-state index in [0.29, 0.717) is 18.2 Å². The average Bonchev–Trinajstić information content (AvgIpc) is 2.86. The number of nitrogens with two attached hydrogens (primary N) is 1. The molecule has 0 radical (unpaired) electrons. The number of hydrogen-bond donors (Lipinski definition) is 2. The summed E-state index contributed by atoms with van der Waals surface area (Å²) in [6, 6.07) is 5.64.